The first-order chi connectivity index (χ1) is 8.02. The molecule has 0 amide bonds. The Morgan fingerprint density at radius 1 is 1.35 bits per heavy atom. The Morgan fingerprint density at radius 3 is 2.59 bits per heavy atom. The number of rotatable bonds is 4. The highest BCUT2D eigenvalue weighted by atomic mass is 32.2. The number of nitrogens with one attached hydrogen (secondary N) is 1. The standard InChI is InChI=1S/C10H13NO5S/c1-14-11-5-7-3-8-9(16-6-15-8)4-10(7)17(2,12)13/h3-4,11H,5-6H2,1-2H3. The van der Waals surface area contributed by atoms with Crippen LogP contribution in [-0.2, 0) is 21.2 Å². The second-order valence-electron chi connectivity index (χ2n) is 3.61. The van der Waals surface area contributed by atoms with Crippen molar-refractivity contribution in [3.8, 4) is 11.5 Å². The summed E-state index contributed by atoms with van der Waals surface area (Å²) in [6.45, 7) is 0.384. The number of hydrogen-bond acceptors (Lipinski definition) is 6. The summed E-state index contributed by atoms with van der Waals surface area (Å²) in [7, 11) is -1.85. The van der Waals surface area contributed by atoms with E-state index in [9.17, 15) is 8.42 Å². The van der Waals surface area contributed by atoms with Crippen molar-refractivity contribution in [3.63, 3.8) is 0 Å². The van der Waals surface area contributed by atoms with Crippen LogP contribution in [0.5, 0.6) is 11.5 Å². The number of hydroxylamine groups is 1. The molecular formula is C10H13NO5S. The fourth-order valence-electron chi connectivity index (χ4n) is 1.60. The van der Waals surface area contributed by atoms with Crippen molar-refractivity contribution in [1.29, 1.82) is 0 Å². The Hall–Kier alpha value is -1.31. The second kappa shape index (κ2) is 4.52. The van der Waals surface area contributed by atoms with Crippen LogP contribution in [0.2, 0.25) is 0 Å². The van der Waals surface area contributed by atoms with Gasteiger partial charge in [-0.25, -0.2) is 8.42 Å². The predicted octanol–water partition coefficient (Wildman–Crippen LogP) is 0.470. The molecule has 1 N–H and O–H groups in total. The molecule has 1 aliphatic heterocycles. The van der Waals surface area contributed by atoms with Crippen molar-refractivity contribution in [2.45, 2.75) is 11.4 Å². The van der Waals surface area contributed by atoms with Crippen LogP contribution in [0.3, 0.4) is 0 Å². The van der Waals surface area contributed by atoms with E-state index < -0.39 is 9.84 Å². The largest absolute Gasteiger partial charge is 0.454 e. The molecule has 17 heavy (non-hydrogen) atoms. The number of benzene rings is 1. The van der Waals surface area contributed by atoms with Gasteiger partial charge in [0, 0.05) is 18.9 Å². The van der Waals surface area contributed by atoms with Gasteiger partial charge in [-0.2, -0.15) is 5.48 Å². The minimum absolute atomic E-state index is 0.111. The fourth-order valence-corrected chi connectivity index (χ4v) is 2.53. The van der Waals surface area contributed by atoms with E-state index in [0.29, 0.717) is 17.1 Å². The smallest absolute Gasteiger partial charge is 0.231 e. The highest BCUT2D eigenvalue weighted by molar-refractivity contribution is 7.90. The van der Waals surface area contributed by atoms with E-state index in [2.05, 4.69) is 5.48 Å². The Balaban J connectivity index is 2.47. The topological polar surface area (TPSA) is 73.9 Å². The van der Waals surface area contributed by atoms with Gasteiger partial charge in [0.05, 0.1) is 12.0 Å². The van der Waals surface area contributed by atoms with Crippen LogP contribution in [0, 0.1) is 0 Å². The third kappa shape index (κ3) is 2.51. The summed E-state index contributed by atoms with van der Waals surface area (Å²) in [5.74, 6) is 0.997. The van der Waals surface area contributed by atoms with E-state index in [1.54, 1.807) is 6.07 Å². The Kier molecular flexibility index (Phi) is 3.23. The summed E-state index contributed by atoms with van der Waals surface area (Å²) in [5, 5.41) is 0. The number of ether oxygens (including phenoxy) is 2. The van der Waals surface area contributed by atoms with Crippen molar-refractivity contribution in [2.24, 2.45) is 0 Å². The molecule has 0 saturated carbocycles. The summed E-state index contributed by atoms with van der Waals surface area (Å²) in [6.07, 6.45) is 1.15. The maximum Gasteiger partial charge on any atom is 0.231 e. The molecule has 6 nitrogen and oxygen atoms in total. The van der Waals surface area contributed by atoms with Gasteiger partial charge >= 0.3 is 0 Å². The summed E-state index contributed by atoms with van der Waals surface area (Å²) in [4.78, 5) is 4.93. The molecule has 0 aliphatic carbocycles. The summed E-state index contributed by atoms with van der Waals surface area (Å²) < 4.78 is 33.7. The van der Waals surface area contributed by atoms with Crippen LogP contribution in [0.1, 0.15) is 5.56 Å². The highest BCUT2D eigenvalue weighted by Crippen LogP contribution is 2.36. The zero-order valence-corrected chi connectivity index (χ0v) is 10.3. The van der Waals surface area contributed by atoms with E-state index in [1.807, 2.05) is 0 Å². The van der Waals surface area contributed by atoms with Crippen molar-refractivity contribution in [3.05, 3.63) is 17.7 Å². The molecule has 1 heterocycles. The van der Waals surface area contributed by atoms with E-state index in [4.69, 9.17) is 14.3 Å². The predicted molar refractivity (Wildman–Crippen MR) is 59.5 cm³/mol. The van der Waals surface area contributed by atoms with Gasteiger partial charge in [-0.1, -0.05) is 0 Å². The molecule has 0 atom stereocenters. The van der Waals surface area contributed by atoms with Crippen molar-refractivity contribution < 1.29 is 22.7 Å². The lowest BCUT2D eigenvalue weighted by Gasteiger charge is -2.09. The first-order valence-electron chi connectivity index (χ1n) is 4.91. The molecule has 1 aromatic rings. The molecule has 1 aromatic carbocycles. The lowest BCUT2D eigenvalue weighted by Crippen LogP contribution is -2.14. The Morgan fingerprint density at radius 2 is 2.00 bits per heavy atom. The van der Waals surface area contributed by atoms with E-state index in [-0.39, 0.29) is 18.2 Å². The Labute approximate surface area is 99.4 Å². The molecule has 0 unspecified atom stereocenters. The van der Waals surface area contributed by atoms with E-state index in [0.717, 1.165) is 6.26 Å². The van der Waals surface area contributed by atoms with Gasteiger partial charge in [0.1, 0.15) is 0 Å². The molecule has 2 rings (SSSR count). The summed E-state index contributed by atoms with van der Waals surface area (Å²) in [6, 6.07) is 3.12. The number of fused-ring (bicyclic) bond motifs is 1. The van der Waals surface area contributed by atoms with Crippen LogP contribution < -0.4 is 15.0 Å². The van der Waals surface area contributed by atoms with E-state index >= 15 is 0 Å². The van der Waals surface area contributed by atoms with Gasteiger partial charge in [-0.05, 0) is 11.6 Å². The van der Waals surface area contributed by atoms with Crippen LogP contribution in [0.15, 0.2) is 17.0 Å². The molecule has 0 spiro atoms. The summed E-state index contributed by atoms with van der Waals surface area (Å²) in [5.41, 5.74) is 3.19. The van der Waals surface area contributed by atoms with Gasteiger partial charge in [-0.15, -0.1) is 0 Å². The monoisotopic (exact) mass is 259 g/mol. The van der Waals surface area contributed by atoms with Crippen molar-refractivity contribution in [2.75, 3.05) is 20.2 Å². The SMILES string of the molecule is CONCc1cc2c(cc1S(C)(=O)=O)OCO2. The van der Waals surface area contributed by atoms with Crippen LogP contribution in [0.4, 0.5) is 0 Å². The molecule has 1 aliphatic rings. The van der Waals surface area contributed by atoms with E-state index in [1.165, 1.54) is 13.2 Å². The van der Waals surface area contributed by atoms with Crippen LogP contribution in [-0.4, -0.2) is 28.6 Å². The second-order valence-corrected chi connectivity index (χ2v) is 5.59. The minimum Gasteiger partial charge on any atom is -0.454 e. The minimum atomic E-state index is -3.32. The fraction of sp³-hybridized carbons (Fsp3) is 0.400. The Bertz CT molecular complexity index is 526. The normalized spacial score (nSPS) is 14.0. The van der Waals surface area contributed by atoms with Gasteiger partial charge in [0.25, 0.3) is 0 Å². The molecule has 0 saturated heterocycles. The lowest BCUT2D eigenvalue weighted by molar-refractivity contribution is 0.0861. The first kappa shape index (κ1) is 12.2. The van der Waals surface area contributed by atoms with Gasteiger partial charge in [0.2, 0.25) is 6.79 Å². The van der Waals surface area contributed by atoms with Crippen molar-refractivity contribution in [1.82, 2.24) is 5.48 Å². The first-order valence-corrected chi connectivity index (χ1v) is 6.80. The van der Waals surface area contributed by atoms with Crippen LogP contribution >= 0.6 is 0 Å². The van der Waals surface area contributed by atoms with Gasteiger partial charge in [-0.3, -0.25) is 0 Å². The molecule has 0 fully saturated rings. The average Bonchev–Trinajstić information content (AvgIpc) is 2.70. The zero-order chi connectivity index (χ0) is 12.5. The zero-order valence-electron chi connectivity index (χ0n) is 9.52. The number of hydrogen-bond donors (Lipinski definition) is 1. The molecule has 7 heteroatoms. The molecular weight excluding hydrogens is 246 g/mol. The average molecular weight is 259 g/mol. The maximum absolute atomic E-state index is 11.7. The molecule has 0 bridgehead atoms. The highest BCUT2D eigenvalue weighted by Gasteiger charge is 2.21. The molecule has 94 valence electrons. The third-order valence-corrected chi connectivity index (χ3v) is 3.54. The summed E-state index contributed by atoms with van der Waals surface area (Å²) >= 11 is 0. The number of sulfone groups is 1. The third-order valence-electron chi connectivity index (χ3n) is 2.36. The van der Waals surface area contributed by atoms with Crippen LogP contribution in [0.25, 0.3) is 0 Å². The maximum atomic E-state index is 11.7. The van der Waals surface area contributed by atoms with Gasteiger partial charge < -0.3 is 14.3 Å². The lowest BCUT2D eigenvalue weighted by atomic mass is 10.2. The molecule has 0 aromatic heterocycles. The molecule has 0 radical (unpaired) electrons. The van der Waals surface area contributed by atoms with Crippen molar-refractivity contribution >= 4 is 9.84 Å². The quantitative estimate of drug-likeness (QED) is 0.792. The van der Waals surface area contributed by atoms with Gasteiger partial charge in [0.15, 0.2) is 21.3 Å².